The van der Waals surface area contributed by atoms with Crippen molar-refractivity contribution in [3.8, 4) is 0 Å². The minimum Gasteiger partial charge on any atom is -0.349 e. The molecule has 1 heterocycles. The van der Waals surface area contributed by atoms with Crippen LogP contribution in [-0.2, 0) is 14.8 Å². The van der Waals surface area contributed by atoms with Gasteiger partial charge < -0.3 is 5.32 Å². The van der Waals surface area contributed by atoms with E-state index in [2.05, 4.69) is 31.3 Å². The summed E-state index contributed by atoms with van der Waals surface area (Å²) < 4.78 is 25.5. The first-order chi connectivity index (χ1) is 11.2. The van der Waals surface area contributed by atoms with Gasteiger partial charge in [0.25, 0.3) is 0 Å². The summed E-state index contributed by atoms with van der Waals surface area (Å²) in [6, 6.07) is 6.09. The van der Waals surface area contributed by atoms with Gasteiger partial charge in [0, 0.05) is 13.1 Å². The molecule has 1 saturated heterocycles. The quantitative estimate of drug-likeness (QED) is 0.885. The van der Waals surface area contributed by atoms with E-state index in [1.807, 2.05) is 13.0 Å². The van der Waals surface area contributed by atoms with Crippen LogP contribution < -0.4 is 5.32 Å². The second kappa shape index (κ2) is 7.66. The van der Waals surface area contributed by atoms with Crippen molar-refractivity contribution in [1.29, 1.82) is 0 Å². The molecule has 1 aromatic rings. The van der Waals surface area contributed by atoms with Crippen LogP contribution in [0.15, 0.2) is 18.2 Å². The Balaban J connectivity index is 2.02. The lowest BCUT2D eigenvalue weighted by atomic mass is 9.97. The molecule has 1 N–H and O–H groups in total. The molecular formula is C18H28N2O3S. The summed E-state index contributed by atoms with van der Waals surface area (Å²) in [5.41, 5.74) is 3.50. The minimum absolute atomic E-state index is 0.0586. The lowest BCUT2D eigenvalue weighted by molar-refractivity contribution is -0.126. The zero-order valence-corrected chi connectivity index (χ0v) is 15.8. The summed E-state index contributed by atoms with van der Waals surface area (Å²) in [5.74, 6) is -0.244. The van der Waals surface area contributed by atoms with Crippen LogP contribution in [0, 0.1) is 19.8 Å². The molecule has 6 heteroatoms. The van der Waals surface area contributed by atoms with Crippen LogP contribution in [0.5, 0.6) is 0 Å². The molecule has 2 atom stereocenters. The molecule has 1 aliphatic rings. The van der Waals surface area contributed by atoms with Crippen LogP contribution in [0.1, 0.15) is 49.4 Å². The van der Waals surface area contributed by atoms with Gasteiger partial charge in [0.15, 0.2) is 0 Å². The second-order valence-electron chi connectivity index (χ2n) is 6.67. The Morgan fingerprint density at radius 3 is 2.67 bits per heavy atom. The number of carbonyl (C=O) groups is 1. The molecule has 0 aliphatic carbocycles. The molecule has 0 radical (unpaired) electrons. The zero-order valence-electron chi connectivity index (χ0n) is 15.0. The van der Waals surface area contributed by atoms with Crippen molar-refractivity contribution in [1.82, 2.24) is 9.62 Å². The molecule has 1 amide bonds. The highest BCUT2D eigenvalue weighted by atomic mass is 32.2. The number of hydrogen-bond acceptors (Lipinski definition) is 3. The molecule has 0 aromatic heterocycles. The number of carbonyl (C=O) groups excluding carboxylic acids is 1. The summed E-state index contributed by atoms with van der Waals surface area (Å²) in [6.07, 6.45) is 1.47. The third-order valence-corrected chi connectivity index (χ3v) is 6.75. The van der Waals surface area contributed by atoms with Gasteiger partial charge >= 0.3 is 0 Å². The summed E-state index contributed by atoms with van der Waals surface area (Å²) in [7, 11) is -3.23. The van der Waals surface area contributed by atoms with Crippen molar-refractivity contribution >= 4 is 15.9 Å². The fourth-order valence-corrected chi connectivity index (χ4v) is 4.22. The van der Waals surface area contributed by atoms with Gasteiger partial charge in [-0.25, -0.2) is 12.7 Å². The van der Waals surface area contributed by atoms with E-state index in [0.717, 1.165) is 18.4 Å². The maximum Gasteiger partial charge on any atom is 0.224 e. The first-order valence-electron chi connectivity index (χ1n) is 8.60. The van der Waals surface area contributed by atoms with Crippen molar-refractivity contribution in [3.63, 3.8) is 0 Å². The lowest BCUT2D eigenvalue weighted by Gasteiger charge is -2.31. The minimum atomic E-state index is -3.23. The first kappa shape index (κ1) is 18.9. The largest absolute Gasteiger partial charge is 0.349 e. The number of aryl methyl sites for hydroxylation is 2. The van der Waals surface area contributed by atoms with E-state index in [4.69, 9.17) is 0 Å². The molecule has 5 nitrogen and oxygen atoms in total. The highest BCUT2D eigenvalue weighted by Gasteiger charge is 2.31. The Morgan fingerprint density at radius 2 is 2.04 bits per heavy atom. The van der Waals surface area contributed by atoms with Crippen molar-refractivity contribution < 1.29 is 13.2 Å². The Kier molecular flexibility index (Phi) is 6.04. The molecule has 1 aliphatic heterocycles. The fraction of sp³-hybridized carbons (Fsp3) is 0.611. The SMILES string of the molecule is CCS(=O)(=O)N1CCCC(C(=O)NC(C)c2ccc(C)c(C)c2)C1. The van der Waals surface area contributed by atoms with Gasteiger partial charge in [-0.1, -0.05) is 18.2 Å². The van der Waals surface area contributed by atoms with Crippen LogP contribution in [0.4, 0.5) is 0 Å². The molecule has 0 bridgehead atoms. The average molecular weight is 353 g/mol. The second-order valence-corrected chi connectivity index (χ2v) is 8.93. The molecular weight excluding hydrogens is 324 g/mol. The van der Waals surface area contributed by atoms with E-state index >= 15 is 0 Å². The summed E-state index contributed by atoms with van der Waals surface area (Å²) in [6.45, 7) is 8.54. The third-order valence-electron chi connectivity index (χ3n) is 4.90. The van der Waals surface area contributed by atoms with Crippen molar-refractivity contribution in [2.45, 2.75) is 46.6 Å². The number of nitrogens with one attached hydrogen (secondary N) is 1. The Bertz CT molecular complexity index is 700. The fourth-order valence-electron chi connectivity index (χ4n) is 3.04. The van der Waals surface area contributed by atoms with Crippen LogP contribution in [0.2, 0.25) is 0 Å². The number of hydrogen-bond donors (Lipinski definition) is 1. The smallest absolute Gasteiger partial charge is 0.224 e. The number of piperidine rings is 1. The van der Waals surface area contributed by atoms with Crippen LogP contribution in [0.3, 0.4) is 0 Å². The van der Waals surface area contributed by atoms with E-state index in [-0.39, 0.29) is 23.6 Å². The van der Waals surface area contributed by atoms with E-state index in [0.29, 0.717) is 13.1 Å². The maximum absolute atomic E-state index is 12.6. The molecule has 0 saturated carbocycles. The Labute approximate surface area is 145 Å². The van der Waals surface area contributed by atoms with Gasteiger partial charge in [0.05, 0.1) is 17.7 Å². The van der Waals surface area contributed by atoms with Gasteiger partial charge in [0.2, 0.25) is 15.9 Å². The number of rotatable bonds is 5. The normalized spacial score (nSPS) is 20.6. The number of benzene rings is 1. The summed E-state index contributed by atoms with van der Waals surface area (Å²) >= 11 is 0. The molecule has 0 spiro atoms. The van der Waals surface area contributed by atoms with Crippen LogP contribution >= 0.6 is 0 Å². The predicted octanol–water partition coefficient (Wildman–Crippen LogP) is 2.54. The number of amides is 1. The number of nitrogens with zero attached hydrogens (tertiary/aromatic N) is 1. The molecule has 2 unspecified atom stereocenters. The van der Waals surface area contributed by atoms with E-state index in [9.17, 15) is 13.2 Å². The molecule has 1 fully saturated rings. The van der Waals surface area contributed by atoms with E-state index in [1.165, 1.54) is 15.4 Å². The Morgan fingerprint density at radius 1 is 1.33 bits per heavy atom. The van der Waals surface area contributed by atoms with Crippen molar-refractivity contribution in [3.05, 3.63) is 34.9 Å². The van der Waals surface area contributed by atoms with E-state index in [1.54, 1.807) is 6.92 Å². The monoisotopic (exact) mass is 352 g/mol. The van der Waals surface area contributed by atoms with Gasteiger partial charge in [-0.2, -0.15) is 0 Å². The maximum atomic E-state index is 12.6. The Hall–Kier alpha value is -1.40. The highest BCUT2D eigenvalue weighted by molar-refractivity contribution is 7.89. The predicted molar refractivity (Wildman–Crippen MR) is 96.2 cm³/mol. The average Bonchev–Trinajstić information content (AvgIpc) is 2.57. The first-order valence-corrected chi connectivity index (χ1v) is 10.2. The highest BCUT2D eigenvalue weighted by Crippen LogP contribution is 2.22. The van der Waals surface area contributed by atoms with Gasteiger partial charge in [-0.3, -0.25) is 4.79 Å². The van der Waals surface area contributed by atoms with Gasteiger partial charge in [-0.15, -0.1) is 0 Å². The topological polar surface area (TPSA) is 66.5 Å². The van der Waals surface area contributed by atoms with Crippen molar-refractivity contribution in [2.24, 2.45) is 5.92 Å². The van der Waals surface area contributed by atoms with Crippen LogP contribution in [-0.4, -0.2) is 37.5 Å². The molecule has 1 aromatic carbocycles. The molecule has 134 valence electrons. The lowest BCUT2D eigenvalue weighted by Crippen LogP contribution is -2.46. The van der Waals surface area contributed by atoms with Crippen molar-refractivity contribution in [2.75, 3.05) is 18.8 Å². The standard InChI is InChI=1S/C18H28N2O3S/c1-5-24(22,23)20-10-6-7-17(12-20)18(21)19-15(4)16-9-8-13(2)14(3)11-16/h8-9,11,15,17H,5-7,10,12H2,1-4H3,(H,19,21). The summed E-state index contributed by atoms with van der Waals surface area (Å²) in [4.78, 5) is 12.6. The number of sulfonamides is 1. The zero-order chi connectivity index (χ0) is 17.9. The van der Waals surface area contributed by atoms with Crippen LogP contribution in [0.25, 0.3) is 0 Å². The van der Waals surface area contributed by atoms with Gasteiger partial charge in [-0.05, 0) is 57.2 Å². The molecule has 24 heavy (non-hydrogen) atoms. The third kappa shape index (κ3) is 4.36. The van der Waals surface area contributed by atoms with Gasteiger partial charge in [0.1, 0.15) is 0 Å². The van der Waals surface area contributed by atoms with E-state index < -0.39 is 10.0 Å². The molecule has 2 rings (SSSR count). The summed E-state index contributed by atoms with van der Waals surface area (Å²) in [5, 5.41) is 3.04.